The van der Waals surface area contributed by atoms with E-state index in [-0.39, 0.29) is 5.57 Å². The van der Waals surface area contributed by atoms with E-state index in [1.807, 2.05) is 83.4 Å². The molecular formula is C31H25N3O5. The first-order valence-corrected chi connectivity index (χ1v) is 12.2. The van der Waals surface area contributed by atoms with E-state index in [0.717, 1.165) is 38.0 Å². The van der Waals surface area contributed by atoms with Crippen LogP contribution in [0.15, 0.2) is 96.6 Å². The summed E-state index contributed by atoms with van der Waals surface area (Å²) < 4.78 is 6.87. The molecular weight excluding hydrogens is 494 g/mol. The largest absolute Gasteiger partial charge is 0.465 e. The minimum atomic E-state index is -0.682. The zero-order valence-electron chi connectivity index (χ0n) is 21.6. The van der Waals surface area contributed by atoms with Crippen molar-refractivity contribution in [1.82, 2.24) is 14.4 Å². The van der Waals surface area contributed by atoms with Crippen LogP contribution in [0.3, 0.4) is 0 Å². The molecule has 1 aliphatic rings. The molecule has 0 radical (unpaired) electrons. The highest BCUT2D eigenvalue weighted by Gasteiger charge is 2.38. The Morgan fingerprint density at radius 2 is 1.28 bits per heavy atom. The normalized spacial score (nSPS) is 13.6. The van der Waals surface area contributed by atoms with E-state index < -0.39 is 23.8 Å². The molecule has 1 saturated heterocycles. The lowest BCUT2D eigenvalue weighted by molar-refractivity contribution is -0.134. The van der Waals surface area contributed by atoms with Gasteiger partial charge >= 0.3 is 12.0 Å². The lowest BCUT2D eigenvalue weighted by Crippen LogP contribution is -2.52. The molecule has 1 aliphatic heterocycles. The molecule has 3 aromatic carbocycles. The monoisotopic (exact) mass is 519 g/mol. The van der Waals surface area contributed by atoms with Gasteiger partial charge in [-0.2, -0.15) is 0 Å². The van der Waals surface area contributed by atoms with E-state index in [1.165, 1.54) is 27.3 Å². The van der Waals surface area contributed by atoms with Crippen LogP contribution >= 0.6 is 0 Å². The molecule has 8 heteroatoms. The molecule has 0 N–H and O–H groups in total. The minimum Gasteiger partial charge on any atom is -0.465 e. The van der Waals surface area contributed by atoms with Gasteiger partial charge in [-0.25, -0.2) is 9.59 Å². The molecule has 39 heavy (non-hydrogen) atoms. The molecule has 2 heterocycles. The highest BCUT2D eigenvalue weighted by molar-refractivity contribution is 6.30. The summed E-state index contributed by atoms with van der Waals surface area (Å²) in [5.74, 6) is -1.78. The molecule has 0 atom stereocenters. The molecule has 0 spiro atoms. The third kappa shape index (κ3) is 4.53. The van der Waals surface area contributed by atoms with Crippen LogP contribution in [-0.2, 0) is 14.3 Å². The molecule has 5 rings (SSSR count). The number of esters is 1. The molecule has 0 bridgehead atoms. The maximum Gasteiger partial charge on any atom is 0.337 e. The summed E-state index contributed by atoms with van der Waals surface area (Å²) in [4.78, 5) is 52.3. The molecule has 4 amide bonds. The van der Waals surface area contributed by atoms with Gasteiger partial charge in [-0.15, -0.1) is 0 Å². The molecule has 0 saturated carbocycles. The number of carbonyl (C=O) groups excluding carboxylic acids is 4. The number of urea groups is 1. The van der Waals surface area contributed by atoms with Crippen LogP contribution in [0.2, 0.25) is 0 Å². The quantitative estimate of drug-likeness (QED) is 0.210. The third-order valence-electron chi connectivity index (χ3n) is 6.64. The van der Waals surface area contributed by atoms with Crippen LogP contribution in [0, 0.1) is 0 Å². The van der Waals surface area contributed by atoms with E-state index >= 15 is 0 Å². The lowest BCUT2D eigenvalue weighted by atomic mass is 10.0. The number of rotatable bonds is 5. The van der Waals surface area contributed by atoms with Crippen molar-refractivity contribution in [2.24, 2.45) is 0 Å². The summed E-state index contributed by atoms with van der Waals surface area (Å²) in [5, 5.41) is 0. The van der Waals surface area contributed by atoms with Gasteiger partial charge in [-0.3, -0.25) is 19.4 Å². The van der Waals surface area contributed by atoms with Gasteiger partial charge in [0.15, 0.2) is 0 Å². The van der Waals surface area contributed by atoms with Crippen LogP contribution in [0.4, 0.5) is 4.79 Å². The number of benzene rings is 3. The van der Waals surface area contributed by atoms with Gasteiger partial charge in [0.25, 0.3) is 11.8 Å². The Morgan fingerprint density at radius 1 is 0.744 bits per heavy atom. The Hall–Kier alpha value is -5.24. The average Bonchev–Trinajstić information content (AvgIpc) is 3.37. The summed E-state index contributed by atoms with van der Waals surface area (Å²) >= 11 is 0. The Morgan fingerprint density at radius 3 is 1.82 bits per heavy atom. The van der Waals surface area contributed by atoms with Gasteiger partial charge in [-0.05, 0) is 47.5 Å². The summed E-state index contributed by atoms with van der Waals surface area (Å²) in [7, 11) is 4.03. The standard InChI is InChI=1S/C31H25N3O5/c1-32-28(35)25(29(36)33(2)31(32)38)18-23-19-26(20-10-6-4-7-11-20)34(27(23)21-12-8-5-9-13-21)24-16-14-22(15-17-24)30(37)39-3/h4-19H,1-3H3. The van der Waals surface area contributed by atoms with E-state index in [4.69, 9.17) is 4.74 Å². The third-order valence-corrected chi connectivity index (χ3v) is 6.64. The summed E-state index contributed by atoms with van der Waals surface area (Å²) in [5.41, 5.74) is 4.96. The zero-order valence-corrected chi connectivity index (χ0v) is 21.6. The Kier molecular flexibility index (Phi) is 6.68. The fourth-order valence-corrected chi connectivity index (χ4v) is 4.62. The van der Waals surface area contributed by atoms with Gasteiger partial charge in [-0.1, -0.05) is 60.7 Å². The Balaban J connectivity index is 1.81. The van der Waals surface area contributed by atoms with Crippen molar-refractivity contribution in [2.45, 2.75) is 0 Å². The van der Waals surface area contributed by atoms with Crippen LogP contribution in [0.1, 0.15) is 15.9 Å². The van der Waals surface area contributed by atoms with Gasteiger partial charge in [0.1, 0.15) is 5.57 Å². The van der Waals surface area contributed by atoms with E-state index in [9.17, 15) is 19.2 Å². The molecule has 8 nitrogen and oxygen atoms in total. The second kappa shape index (κ2) is 10.3. The van der Waals surface area contributed by atoms with Crippen LogP contribution in [0.5, 0.6) is 0 Å². The second-order valence-electron chi connectivity index (χ2n) is 9.01. The van der Waals surface area contributed by atoms with Crippen molar-refractivity contribution >= 4 is 29.9 Å². The SMILES string of the molecule is COC(=O)c1ccc(-n2c(-c3ccccc3)cc(C=C3C(=O)N(C)C(=O)N(C)C3=O)c2-c2ccccc2)cc1. The fourth-order valence-electron chi connectivity index (χ4n) is 4.62. The fraction of sp³-hybridized carbons (Fsp3) is 0.0968. The predicted octanol–water partition coefficient (Wildman–Crippen LogP) is 5.03. The van der Waals surface area contributed by atoms with Crippen molar-refractivity contribution in [2.75, 3.05) is 21.2 Å². The average molecular weight is 520 g/mol. The number of ether oxygens (including phenoxy) is 1. The van der Waals surface area contributed by atoms with Gasteiger partial charge in [0.2, 0.25) is 0 Å². The number of hydrogen-bond donors (Lipinski definition) is 0. The lowest BCUT2D eigenvalue weighted by Gasteiger charge is -2.28. The highest BCUT2D eigenvalue weighted by Crippen LogP contribution is 2.37. The number of nitrogens with zero attached hydrogens (tertiary/aromatic N) is 3. The maximum absolute atomic E-state index is 13.0. The van der Waals surface area contributed by atoms with Crippen LogP contribution < -0.4 is 0 Å². The van der Waals surface area contributed by atoms with Gasteiger partial charge < -0.3 is 9.30 Å². The van der Waals surface area contributed by atoms with Crippen molar-refractivity contribution in [3.05, 3.63) is 108 Å². The number of amides is 4. The molecule has 0 aliphatic carbocycles. The topological polar surface area (TPSA) is 88.9 Å². The van der Waals surface area contributed by atoms with Crippen LogP contribution in [0.25, 0.3) is 34.3 Å². The number of hydrogen-bond acceptors (Lipinski definition) is 5. The van der Waals surface area contributed by atoms with E-state index in [0.29, 0.717) is 11.1 Å². The van der Waals surface area contributed by atoms with Gasteiger partial charge in [0, 0.05) is 25.3 Å². The van der Waals surface area contributed by atoms with E-state index in [1.54, 1.807) is 12.1 Å². The molecule has 1 fully saturated rings. The predicted molar refractivity (Wildman–Crippen MR) is 147 cm³/mol. The van der Waals surface area contributed by atoms with Crippen molar-refractivity contribution in [3.8, 4) is 28.2 Å². The second-order valence-corrected chi connectivity index (χ2v) is 9.01. The first-order chi connectivity index (χ1) is 18.8. The maximum atomic E-state index is 13.0. The molecule has 1 aromatic heterocycles. The van der Waals surface area contributed by atoms with Crippen molar-refractivity contribution in [1.29, 1.82) is 0 Å². The van der Waals surface area contributed by atoms with Crippen LogP contribution in [-0.4, -0.2) is 59.4 Å². The number of imide groups is 2. The summed E-state index contributed by atoms with van der Waals surface area (Å²) in [6.45, 7) is 0. The number of barbiturate groups is 1. The zero-order chi connectivity index (χ0) is 27.7. The first kappa shape index (κ1) is 25.4. The molecule has 194 valence electrons. The van der Waals surface area contributed by atoms with E-state index in [2.05, 4.69) is 0 Å². The Bertz CT molecular complexity index is 1590. The smallest absolute Gasteiger partial charge is 0.337 e. The number of methoxy groups -OCH3 is 1. The minimum absolute atomic E-state index is 0.116. The number of aromatic nitrogens is 1. The highest BCUT2D eigenvalue weighted by atomic mass is 16.5. The Labute approximate surface area is 225 Å². The van der Waals surface area contributed by atoms with Gasteiger partial charge in [0.05, 0.1) is 24.1 Å². The van der Waals surface area contributed by atoms with Crippen molar-refractivity contribution in [3.63, 3.8) is 0 Å². The first-order valence-electron chi connectivity index (χ1n) is 12.2. The summed E-state index contributed by atoms with van der Waals surface area (Å²) in [6.07, 6.45) is 1.54. The molecule has 0 unspecified atom stereocenters. The summed E-state index contributed by atoms with van der Waals surface area (Å²) in [6, 6.07) is 27.6. The molecule has 4 aromatic rings. The number of carbonyl (C=O) groups is 4. The van der Waals surface area contributed by atoms with Crippen molar-refractivity contribution < 1.29 is 23.9 Å². The number of likely N-dealkylation sites (N-methyl/N-ethyl adjacent to an activating group) is 2.